The molecule has 0 aromatic carbocycles. The van der Waals surface area contributed by atoms with Gasteiger partial charge in [0, 0.05) is 6.42 Å². The summed E-state index contributed by atoms with van der Waals surface area (Å²) in [5.41, 5.74) is 0. The van der Waals surface area contributed by atoms with E-state index < -0.39 is 28.0 Å². The van der Waals surface area contributed by atoms with Crippen LogP contribution in [0.1, 0.15) is 187 Å². The smallest absolute Gasteiger partial charge is 0.266 e. The second-order valence-corrected chi connectivity index (χ2v) is 14.4. The zero-order valence-corrected chi connectivity index (χ0v) is 29.6. The molecule has 0 aliphatic carbocycles. The molecule has 1 amide bonds. The Bertz CT molecular complexity index is 796. The van der Waals surface area contributed by atoms with Crippen LogP contribution in [0.5, 0.6) is 0 Å². The fourth-order valence-corrected chi connectivity index (χ4v) is 6.36. The molecule has 0 heterocycles. The molecule has 0 spiro atoms. The molecule has 0 radical (unpaired) electrons. The number of aliphatic hydroxyl groups excluding tert-OH is 1. The van der Waals surface area contributed by atoms with Gasteiger partial charge in [-0.05, 0) is 44.9 Å². The van der Waals surface area contributed by atoms with Crippen molar-refractivity contribution in [3.8, 4) is 0 Å². The van der Waals surface area contributed by atoms with E-state index in [-0.39, 0.29) is 5.91 Å². The van der Waals surface area contributed by atoms with Gasteiger partial charge in [0.15, 0.2) is 0 Å². The molecule has 260 valence electrons. The number of rotatable bonds is 33. The van der Waals surface area contributed by atoms with E-state index in [1.165, 1.54) is 116 Å². The monoisotopic (exact) mass is 642 g/mol. The number of hydrogen-bond acceptors (Lipinski definition) is 4. The van der Waals surface area contributed by atoms with Gasteiger partial charge in [-0.1, -0.05) is 160 Å². The van der Waals surface area contributed by atoms with E-state index in [1.54, 1.807) is 0 Å². The van der Waals surface area contributed by atoms with Crippen LogP contribution in [0.4, 0.5) is 0 Å². The van der Waals surface area contributed by atoms with Crippen LogP contribution in [0.15, 0.2) is 24.3 Å². The van der Waals surface area contributed by atoms with Crippen molar-refractivity contribution in [2.24, 2.45) is 0 Å². The van der Waals surface area contributed by atoms with Crippen LogP contribution >= 0.6 is 0 Å². The first kappa shape index (κ1) is 42.8. The Kier molecular flexibility index (Phi) is 30.9. The second-order valence-electron chi connectivity index (χ2n) is 12.9. The van der Waals surface area contributed by atoms with E-state index in [9.17, 15) is 22.9 Å². The van der Waals surface area contributed by atoms with E-state index in [0.717, 1.165) is 44.9 Å². The Morgan fingerprint density at radius 2 is 1.02 bits per heavy atom. The molecule has 0 bridgehead atoms. The lowest BCUT2D eigenvalue weighted by Crippen LogP contribution is -2.47. The van der Waals surface area contributed by atoms with Gasteiger partial charge in [-0.25, -0.2) is 0 Å². The van der Waals surface area contributed by atoms with Crippen molar-refractivity contribution in [2.75, 3.05) is 5.75 Å². The highest BCUT2D eigenvalue weighted by atomic mass is 32.2. The number of nitrogens with one attached hydrogen (secondary N) is 1. The summed E-state index contributed by atoms with van der Waals surface area (Å²) in [6, 6.07) is -0.969. The molecule has 7 heteroatoms. The summed E-state index contributed by atoms with van der Waals surface area (Å²) in [5.74, 6) is -0.900. The fourth-order valence-electron chi connectivity index (χ4n) is 5.60. The molecule has 3 N–H and O–H groups in total. The normalized spacial score (nSPS) is 13.6. The topological polar surface area (TPSA) is 104 Å². The van der Waals surface area contributed by atoms with Crippen molar-refractivity contribution in [1.82, 2.24) is 5.32 Å². The summed E-state index contributed by atoms with van der Waals surface area (Å²) in [5, 5.41) is 13.3. The van der Waals surface area contributed by atoms with Gasteiger partial charge in [0.2, 0.25) is 5.91 Å². The van der Waals surface area contributed by atoms with Crippen LogP contribution in [-0.2, 0) is 14.9 Å². The Hall–Kier alpha value is -1.18. The minimum absolute atomic E-state index is 0.252. The van der Waals surface area contributed by atoms with Crippen LogP contribution < -0.4 is 5.32 Å². The summed E-state index contributed by atoms with van der Waals surface area (Å²) in [7, 11) is -4.30. The zero-order valence-electron chi connectivity index (χ0n) is 28.8. The van der Waals surface area contributed by atoms with Crippen LogP contribution in [-0.4, -0.2) is 41.9 Å². The molecule has 0 aliphatic rings. The molecule has 2 atom stereocenters. The lowest BCUT2D eigenvalue weighted by molar-refractivity contribution is -0.122. The largest absolute Gasteiger partial charge is 0.391 e. The number of unbranched alkanes of at least 4 members (excludes halogenated alkanes) is 21. The molecular weight excluding hydrogens is 570 g/mol. The highest BCUT2D eigenvalue weighted by Crippen LogP contribution is 2.15. The zero-order chi connectivity index (χ0) is 32.6. The van der Waals surface area contributed by atoms with E-state index in [1.807, 2.05) is 0 Å². The van der Waals surface area contributed by atoms with Gasteiger partial charge >= 0.3 is 0 Å². The first-order chi connectivity index (χ1) is 21.3. The average Bonchev–Trinajstić information content (AvgIpc) is 2.98. The average molecular weight is 642 g/mol. The predicted molar refractivity (Wildman–Crippen MR) is 189 cm³/mol. The van der Waals surface area contributed by atoms with Crippen molar-refractivity contribution in [3.05, 3.63) is 24.3 Å². The Balaban J connectivity index is 3.87. The van der Waals surface area contributed by atoms with Crippen molar-refractivity contribution in [1.29, 1.82) is 0 Å². The SMILES string of the molecule is CCCCC/C=C\C/C=C\CCCCCCCCCCCC(=O)NC(CS(=O)(=O)O)C(O)CCCCCCCCCCCC. The van der Waals surface area contributed by atoms with E-state index in [0.29, 0.717) is 12.8 Å². The Morgan fingerprint density at radius 1 is 0.614 bits per heavy atom. The number of aliphatic hydroxyl groups is 1. The lowest BCUT2D eigenvalue weighted by Gasteiger charge is -2.23. The molecule has 0 saturated carbocycles. The highest BCUT2D eigenvalue weighted by Gasteiger charge is 2.26. The van der Waals surface area contributed by atoms with Crippen LogP contribution in [0.2, 0.25) is 0 Å². The molecule has 44 heavy (non-hydrogen) atoms. The van der Waals surface area contributed by atoms with E-state index in [4.69, 9.17) is 0 Å². The number of carbonyl (C=O) groups excluding carboxylic acids is 1. The van der Waals surface area contributed by atoms with Crippen LogP contribution in [0.3, 0.4) is 0 Å². The van der Waals surface area contributed by atoms with Gasteiger partial charge in [-0.3, -0.25) is 9.35 Å². The van der Waals surface area contributed by atoms with Gasteiger partial charge < -0.3 is 10.4 Å². The number of allylic oxidation sites excluding steroid dienone is 4. The van der Waals surface area contributed by atoms with Crippen molar-refractivity contribution in [2.45, 2.75) is 199 Å². The summed E-state index contributed by atoms with van der Waals surface area (Å²) in [6.07, 6.45) is 38.4. The maximum absolute atomic E-state index is 12.5. The third kappa shape index (κ3) is 32.2. The number of carbonyl (C=O) groups is 1. The molecule has 0 aliphatic heterocycles. The first-order valence-electron chi connectivity index (χ1n) is 18.5. The second kappa shape index (κ2) is 31.8. The summed E-state index contributed by atoms with van der Waals surface area (Å²) < 4.78 is 32.3. The fraction of sp³-hybridized carbons (Fsp3) is 0.865. The third-order valence-corrected chi connectivity index (χ3v) is 9.19. The molecule has 0 aromatic heterocycles. The van der Waals surface area contributed by atoms with Crippen LogP contribution in [0.25, 0.3) is 0 Å². The first-order valence-corrected chi connectivity index (χ1v) is 20.1. The molecule has 0 saturated heterocycles. The Labute approximate surface area is 273 Å². The van der Waals surface area contributed by atoms with Gasteiger partial charge in [0.05, 0.1) is 17.9 Å². The molecule has 0 rings (SSSR count). The molecule has 0 fully saturated rings. The van der Waals surface area contributed by atoms with Gasteiger partial charge in [0.25, 0.3) is 10.1 Å². The number of amides is 1. The molecule has 2 unspecified atom stereocenters. The predicted octanol–water partition coefficient (Wildman–Crippen LogP) is 10.4. The Morgan fingerprint density at radius 3 is 1.52 bits per heavy atom. The van der Waals surface area contributed by atoms with E-state index >= 15 is 0 Å². The van der Waals surface area contributed by atoms with Crippen molar-refractivity contribution in [3.63, 3.8) is 0 Å². The van der Waals surface area contributed by atoms with Gasteiger partial charge in [0.1, 0.15) is 0 Å². The third-order valence-electron chi connectivity index (χ3n) is 8.41. The maximum atomic E-state index is 12.5. The number of hydrogen-bond donors (Lipinski definition) is 3. The highest BCUT2D eigenvalue weighted by molar-refractivity contribution is 7.85. The summed E-state index contributed by atoms with van der Waals surface area (Å²) in [4.78, 5) is 12.5. The van der Waals surface area contributed by atoms with Crippen LogP contribution in [0, 0.1) is 0 Å². The van der Waals surface area contributed by atoms with Crippen molar-refractivity contribution >= 4 is 16.0 Å². The minimum Gasteiger partial charge on any atom is -0.391 e. The quantitative estimate of drug-likeness (QED) is 0.0376. The molecule has 0 aromatic rings. The summed E-state index contributed by atoms with van der Waals surface area (Å²) >= 11 is 0. The molecule has 6 nitrogen and oxygen atoms in total. The van der Waals surface area contributed by atoms with Gasteiger partial charge in [-0.2, -0.15) is 8.42 Å². The standard InChI is InChI=1S/C37H71NO5S/c1-3-5-7-9-11-13-15-16-17-18-19-20-21-22-23-25-27-29-31-33-37(40)38-35(34-44(41,42)43)36(39)32-30-28-26-24-14-12-10-8-6-4-2/h11,13,16-17,35-36,39H,3-10,12,14-15,18-34H2,1-2H3,(H,38,40)(H,41,42,43)/b13-11-,17-16-. The molecular formula is C37H71NO5S. The van der Waals surface area contributed by atoms with E-state index in [2.05, 4.69) is 43.5 Å². The summed E-state index contributed by atoms with van der Waals surface area (Å²) in [6.45, 7) is 4.46. The lowest BCUT2D eigenvalue weighted by atomic mass is 10.0. The van der Waals surface area contributed by atoms with Gasteiger partial charge in [-0.15, -0.1) is 0 Å². The minimum atomic E-state index is -4.30. The van der Waals surface area contributed by atoms with Crippen molar-refractivity contribution < 1.29 is 22.9 Å². The maximum Gasteiger partial charge on any atom is 0.266 e.